The third-order valence-electron chi connectivity index (χ3n) is 3.50. The van der Waals surface area contributed by atoms with Crippen LogP contribution in [0.4, 0.5) is 0 Å². The molecule has 0 amide bonds. The predicted octanol–water partition coefficient (Wildman–Crippen LogP) is 3.34. The molecular formula is C14H16O. The first-order valence-electron chi connectivity index (χ1n) is 5.45. The zero-order valence-corrected chi connectivity index (χ0v) is 9.12. The van der Waals surface area contributed by atoms with Gasteiger partial charge in [0.1, 0.15) is 5.78 Å². The van der Waals surface area contributed by atoms with E-state index in [0.717, 1.165) is 6.42 Å². The molecule has 0 spiro atoms. The summed E-state index contributed by atoms with van der Waals surface area (Å²) in [5.74, 6) is 0.385. The molecule has 0 aliphatic heterocycles. The van der Waals surface area contributed by atoms with Gasteiger partial charge >= 0.3 is 0 Å². The Hall–Kier alpha value is -1.37. The Morgan fingerprint density at radius 1 is 1.40 bits per heavy atom. The molecule has 15 heavy (non-hydrogen) atoms. The number of carbonyl (C=O) groups excluding carboxylic acids is 1. The van der Waals surface area contributed by atoms with Crippen molar-refractivity contribution in [3.63, 3.8) is 0 Å². The Morgan fingerprint density at radius 3 is 2.60 bits per heavy atom. The predicted molar refractivity (Wildman–Crippen MR) is 62.7 cm³/mol. The first-order chi connectivity index (χ1) is 7.22. The largest absolute Gasteiger partial charge is 0.300 e. The molecule has 78 valence electrons. The zero-order chi connectivity index (χ0) is 10.9. The molecule has 1 aliphatic rings. The van der Waals surface area contributed by atoms with Gasteiger partial charge in [-0.15, -0.1) is 0 Å². The van der Waals surface area contributed by atoms with Crippen molar-refractivity contribution in [3.8, 4) is 0 Å². The van der Waals surface area contributed by atoms with Crippen LogP contribution in [-0.4, -0.2) is 5.78 Å². The third kappa shape index (κ3) is 1.52. The van der Waals surface area contributed by atoms with Crippen LogP contribution in [0.5, 0.6) is 0 Å². The van der Waals surface area contributed by atoms with Crippen LogP contribution >= 0.6 is 0 Å². The molecule has 1 saturated carbocycles. The summed E-state index contributed by atoms with van der Waals surface area (Å²) >= 11 is 0. The van der Waals surface area contributed by atoms with Gasteiger partial charge in [-0.1, -0.05) is 43.8 Å². The van der Waals surface area contributed by atoms with Crippen LogP contribution in [-0.2, 0) is 10.2 Å². The third-order valence-corrected chi connectivity index (χ3v) is 3.50. The molecule has 0 unspecified atom stereocenters. The minimum atomic E-state index is 0.0991. The average Bonchev–Trinajstić information content (AvgIpc) is 2.24. The smallest absolute Gasteiger partial charge is 0.134 e. The number of hydrogen-bond donors (Lipinski definition) is 0. The fourth-order valence-electron chi connectivity index (χ4n) is 2.49. The van der Waals surface area contributed by atoms with Crippen molar-refractivity contribution in [1.82, 2.24) is 0 Å². The highest BCUT2D eigenvalue weighted by molar-refractivity contribution is 5.89. The van der Waals surface area contributed by atoms with E-state index in [0.29, 0.717) is 18.6 Å². The van der Waals surface area contributed by atoms with Crippen LogP contribution in [0.25, 0.3) is 6.08 Å². The van der Waals surface area contributed by atoms with Crippen molar-refractivity contribution >= 4 is 11.9 Å². The maximum Gasteiger partial charge on any atom is 0.134 e. The van der Waals surface area contributed by atoms with Gasteiger partial charge in [0.25, 0.3) is 0 Å². The molecule has 2 rings (SSSR count). The highest BCUT2D eigenvalue weighted by atomic mass is 16.1. The van der Waals surface area contributed by atoms with Gasteiger partial charge in [-0.25, -0.2) is 0 Å². The van der Waals surface area contributed by atoms with Gasteiger partial charge in [-0.2, -0.15) is 0 Å². The lowest BCUT2D eigenvalue weighted by Crippen LogP contribution is -2.41. The molecule has 1 fully saturated rings. The van der Waals surface area contributed by atoms with Crippen molar-refractivity contribution < 1.29 is 4.79 Å². The standard InChI is InChI=1S/C14H16O/c1-3-11-7-5-6-8-13(11)14(4-2)9-12(15)10-14/h3,5-8H,1,4,9-10H2,2H3. The minimum Gasteiger partial charge on any atom is -0.300 e. The Kier molecular flexibility index (Phi) is 2.47. The molecule has 1 aliphatic carbocycles. The molecule has 1 heteroatoms. The van der Waals surface area contributed by atoms with Crippen molar-refractivity contribution in [2.75, 3.05) is 0 Å². The number of benzene rings is 1. The van der Waals surface area contributed by atoms with Crippen molar-refractivity contribution in [1.29, 1.82) is 0 Å². The average molecular weight is 200 g/mol. The SMILES string of the molecule is C=Cc1ccccc1C1(CC)CC(=O)C1. The molecule has 0 aromatic heterocycles. The monoisotopic (exact) mass is 200 g/mol. The summed E-state index contributed by atoms with van der Waals surface area (Å²) in [5, 5.41) is 0. The fourth-order valence-corrected chi connectivity index (χ4v) is 2.49. The van der Waals surface area contributed by atoms with E-state index >= 15 is 0 Å². The second-order valence-electron chi connectivity index (χ2n) is 4.32. The van der Waals surface area contributed by atoms with Crippen LogP contribution in [0.3, 0.4) is 0 Å². The van der Waals surface area contributed by atoms with E-state index in [-0.39, 0.29) is 5.41 Å². The van der Waals surface area contributed by atoms with Crippen molar-refractivity contribution in [3.05, 3.63) is 42.0 Å². The second-order valence-corrected chi connectivity index (χ2v) is 4.32. The normalized spacial score (nSPS) is 18.3. The number of Topliss-reactive ketones (excluding diaryl/α,β-unsaturated/α-hetero) is 1. The van der Waals surface area contributed by atoms with Gasteiger partial charge in [0, 0.05) is 18.3 Å². The number of rotatable bonds is 3. The van der Waals surface area contributed by atoms with Crippen molar-refractivity contribution in [2.24, 2.45) is 0 Å². The maximum atomic E-state index is 11.2. The molecule has 0 bridgehead atoms. The summed E-state index contributed by atoms with van der Waals surface area (Å²) in [5.41, 5.74) is 2.57. The van der Waals surface area contributed by atoms with E-state index in [2.05, 4.69) is 25.6 Å². The lowest BCUT2D eigenvalue weighted by atomic mass is 9.61. The Bertz CT molecular complexity index is 396. The lowest BCUT2D eigenvalue weighted by molar-refractivity contribution is -0.128. The van der Waals surface area contributed by atoms with Crippen LogP contribution in [0, 0.1) is 0 Å². The second kappa shape index (κ2) is 3.65. The van der Waals surface area contributed by atoms with Gasteiger partial charge in [-0.3, -0.25) is 4.79 Å². The van der Waals surface area contributed by atoms with Crippen LogP contribution in [0.15, 0.2) is 30.8 Å². The maximum absolute atomic E-state index is 11.2. The summed E-state index contributed by atoms with van der Waals surface area (Å²) in [6.07, 6.45) is 4.32. The minimum absolute atomic E-state index is 0.0991. The van der Waals surface area contributed by atoms with E-state index in [1.807, 2.05) is 18.2 Å². The van der Waals surface area contributed by atoms with Gasteiger partial charge in [-0.05, 0) is 17.5 Å². The number of hydrogen-bond acceptors (Lipinski definition) is 1. The van der Waals surface area contributed by atoms with Gasteiger partial charge in [0.05, 0.1) is 0 Å². The number of carbonyl (C=O) groups is 1. The highest BCUT2D eigenvalue weighted by Gasteiger charge is 2.43. The molecular weight excluding hydrogens is 184 g/mol. The quantitative estimate of drug-likeness (QED) is 0.731. The van der Waals surface area contributed by atoms with Crippen LogP contribution in [0.1, 0.15) is 37.3 Å². The molecule has 0 atom stereocenters. The van der Waals surface area contributed by atoms with Crippen LogP contribution < -0.4 is 0 Å². The van der Waals surface area contributed by atoms with E-state index in [1.54, 1.807) is 0 Å². The van der Waals surface area contributed by atoms with E-state index in [9.17, 15) is 4.79 Å². The first-order valence-corrected chi connectivity index (χ1v) is 5.45. The summed E-state index contributed by atoms with van der Waals surface area (Å²) < 4.78 is 0. The van der Waals surface area contributed by atoms with Crippen molar-refractivity contribution in [2.45, 2.75) is 31.6 Å². The fraction of sp³-hybridized carbons (Fsp3) is 0.357. The zero-order valence-electron chi connectivity index (χ0n) is 9.12. The summed E-state index contributed by atoms with van der Waals surface area (Å²) in [7, 11) is 0. The van der Waals surface area contributed by atoms with Crippen LogP contribution in [0.2, 0.25) is 0 Å². The van der Waals surface area contributed by atoms with Gasteiger partial charge in [0.15, 0.2) is 0 Å². The highest BCUT2D eigenvalue weighted by Crippen LogP contribution is 2.45. The van der Waals surface area contributed by atoms with E-state index in [4.69, 9.17) is 0 Å². The number of ketones is 1. The Balaban J connectivity index is 2.43. The summed E-state index contributed by atoms with van der Waals surface area (Å²) in [6, 6.07) is 8.27. The molecule has 1 nitrogen and oxygen atoms in total. The topological polar surface area (TPSA) is 17.1 Å². The lowest BCUT2D eigenvalue weighted by Gasteiger charge is -2.41. The molecule has 1 aromatic carbocycles. The Labute approximate surface area is 90.8 Å². The Morgan fingerprint density at radius 2 is 2.07 bits per heavy atom. The van der Waals surface area contributed by atoms with Gasteiger partial charge in [0.2, 0.25) is 0 Å². The first kappa shape index (κ1) is 10.2. The molecule has 0 N–H and O–H groups in total. The van der Waals surface area contributed by atoms with E-state index < -0.39 is 0 Å². The molecule has 0 heterocycles. The summed E-state index contributed by atoms with van der Waals surface area (Å²) in [4.78, 5) is 11.2. The van der Waals surface area contributed by atoms with E-state index in [1.165, 1.54) is 11.1 Å². The molecule has 0 saturated heterocycles. The summed E-state index contributed by atoms with van der Waals surface area (Å²) in [6.45, 7) is 5.99. The molecule has 0 radical (unpaired) electrons. The van der Waals surface area contributed by atoms with Gasteiger partial charge < -0.3 is 0 Å². The molecule has 1 aromatic rings.